The molecule has 3 nitrogen and oxygen atoms in total. The molecule has 0 amide bonds. The minimum Gasteiger partial charge on any atom is -0.508 e. The van der Waals surface area contributed by atoms with E-state index in [9.17, 15) is 5.11 Å². The molecule has 0 aliphatic carbocycles. The molecule has 1 unspecified atom stereocenters. The molecule has 0 saturated carbocycles. The van der Waals surface area contributed by atoms with Crippen LogP contribution in [0.15, 0.2) is 48.5 Å². The van der Waals surface area contributed by atoms with Crippen molar-refractivity contribution in [2.24, 2.45) is 0 Å². The lowest BCUT2D eigenvalue weighted by molar-refractivity contribution is 0.148. The second kappa shape index (κ2) is 4.61. The fourth-order valence-corrected chi connectivity index (χ4v) is 2.08. The molecule has 1 N–H and O–H groups in total. The normalized spacial score (nSPS) is 17.0. The van der Waals surface area contributed by atoms with E-state index in [1.165, 1.54) is 5.56 Å². The maximum atomic E-state index is 9.17. The Morgan fingerprint density at radius 2 is 1.89 bits per heavy atom. The molecule has 0 saturated heterocycles. The Balaban J connectivity index is 1.58. The molecular formula is C15H14O3. The second-order valence-corrected chi connectivity index (χ2v) is 4.36. The number of rotatable bonds is 3. The Morgan fingerprint density at radius 1 is 1.11 bits per heavy atom. The maximum absolute atomic E-state index is 9.17. The van der Waals surface area contributed by atoms with Crippen LogP contribution in [0.1, 0.15) is 5.56 Å². The van der Waals surface area contributed by atoms with E-state index in [4.69, 9.17) is 9.47 Å². The van der Waals surface area contributed by atoms with Gasteiger partial charge in [-0.05, 0) is 35.9 Å². The molecule has 18 heavy (non-hydrogen) atoms. The summed E-state index contributed by atoms with van der Waals surface area (Å²) in [6.07, 6.45) is 0.949. The summed E-state index contributed by atoms with van der Waals surface area (Å²) in [5.74, 6) is 1.94. The van der Waals surface area contributed by atoms with E-state index < -0.39 is 0 Å². The van der Waals surface area contributed by atoms with Gasteiger partial charge in [0.25, 0.3) is 0 Å². The van der Waals surface area contributed by atoms with Crippen molar-refractivity contribution >= 4 is 0 Å². The topological polar surface area (TPSA) is 38.7 Å². The molecule has 0 fully saturated rings. The highest BCUT2D eigenvalue weighted by Crippen LogP contribution is 2.28. The monoisotopic (exact) mass is 242 g/mol. The van der Waals surface area contributed by atoms with Gasteiger partial charge in [-0.3, -0.25) is 0 Å². The molecule has 92 valence electrons. The van der Waals surface area contributed by atoms with Gasteiger partial charge in [0.15, 0.2) is 0 Å². The van der Waals surface area contributed by atoms with Crippen molar-refractivity contribution in [3.8, 4) is 17.2 Å². The van der Waals surface area contributed by atoms with Crippen molar-refractivity contribution in [1.29, 1.82) is 0 Å². The predicted molar refractivity (Wildman–Crippen MR) is 68.2 cm³/mol. The van der Waals surface area contributed by atoms with Crippen molar-refractivity contribution < 1.29 is 14.6 Å². The van der Waals surface area contributed by atoms with E-state index in [2.05, 4.69) is 6.07 Å². The Labute approximate surface area is 106 Å². The van der Waals surface area contributed by atoms with Crippen LogP contribution in [-0.4, -0.2) is 17.8 Å². The zero-order chi connectivity index (χ0) is 12.4. The summed E-state index contributed by atoms with van der Waals surface area (Å²) in [4.78, 5) is 0. The number of para-hydroxylation sites is 1. The molecule has 1 heterocycles. The minimum atomic E-state index is 0.0659. The molecule has 1 aliphatic heterocycles. The van der Waals surface area contributed by atoms with Crippen LogP contribution in [0.5, 0.6) is 17.2 Å². The zero-order valence-electron chi connectivity index (χ0n) is 9.87. The van der Waals surface area contributed by atoms with E-state index in [-0.39, 0.29) is 11.9 Å². The maximum Gasteiger partial charge on any atom is 0.137 e. The number of hydrogen-bond acceptors (Lipinski definition) is 3. The zero-order valence-corrected chi connectivity index (χ0v) is 9.87. The first-order chi connectivity index (χ1) is 8.81. The number of benzene rings is 2. The van der Waals surface area contributed by atoms with Crippen LogP contribution >= 0.6 is 0 Å². The lowest BCUT2D eigenvalue weighted by Gasteiger charge is -2.12. The number of ether oxygens (including phenoxy) is 2. The Hall–Kier alpha value is -2.16. The number of phenolic OH excluding ortho intramolecular Hbond substituents is 1. The average Bonchev–Trinajstić information content (AvgIpc) is 2.81. The van der Waals surface area contributed by atoms with Gasteiger partial charge in [0, 0.05) is 6.42 Å². The summed E-state index contributed by atoms with van der Waals surface area (Å²) < 4.78 is 11.4. The Kier molecular flexibility index (Phi) is 2.81. The lowest BCUT2D eigenvalue weighted by atomic mass is 10.1. The molecule has 1 atom stereocenters. The van der Waals surface area contributed by atoms with Gasteiger partial charge < -0.3 is 14.6 Å². The van der Waals surface area contributed by atoms with Crippen molar-refractivity contribution in [3.63, 3.8) is 0 Å². The molecule has 3 rings (SSSR count). The fraction of sp³-hybridized carbons (Fsp3) is 0.200. The van der Waals surface area contributed by atoms with E-state index in [0.717, 1.165) is 17.9 Å². The highest BCUT2D eigenvalue weighted by atomic mass is 16.5. The fourth-order valence-electron chi connectivity index (χ4n) is 2.08. The predicted octanol–water partition coefficient (Wildman–Crippen LogP) is 2.77. The van der Waals surface area contributed by atoms with E-state index >= 15 is 0 Å². The summed E-state index contributed by atoms with van der Waals surface area (Å²) in [6.45, 7) is 0.513. The van der Waals surface area contributed by atoms with Crippen LogP contribution in [0.4, 0.5) is 0 Å². The highest BCUT2D eigenvalue weighted by Gasteiger charge is 2.22. The van der Waals surface area contributed by atoms with E-state index in [1.807, 2.05) is 18.2 Å². The minimum absolute atomic E-state index is 0.0659. The Morgan fingerprint density at radius 3 is 2.67 bits per heavy atom. The third-order valence-electron chi connectivity index (χ3n) is 2.99. The van der Waals surface area contributed by atoms with Crippen LogP contribution in [0.3, 0.4) is 0 Å². The van der Waals surface area contributed by atoms with E-state index in [1.54, 1.807) is 24.3 Å². The van der Waals surface area contributed by atoms with Gasteiger partial charge >= 0.3 is 0 Å². The summed E-state index contributed by atoms with van der Waals surface area (Å²) >= 11 is 0. The SMILES string of the molecule is Oc1ccc(OCC2Cc3ccccc3O2)cc1. The summed E-state index contributed by atoms with van der Waals surface area (Å²) in [6, 6.07) is 14.8. The van der Waals surface area contributed by atoms with Crippen molar-refractivity contribution in [2.75, 3.05) is 6.61 Å². The molecule has 3 heteroatoms. The van der Waals surface area contributed by atoms with Crippen LogP contribution in [0.2, 0.25) is 0 Å². The van der Waals surface area contributed by atoms with Gasteiger partial charge in [-0.25, -0.2) is 0 Å². The summed E-state index contributed by atoms with van der Waals surface area (Å²) in [5.41, 5.74) is 1.23. The van der Waals surface area contributed by atoms with Gasteiger partial charge in [-0.2, -0.15) is 0 Å². The molecule has 0 aromatic heterocycles. The highest BCUT2D eigenvalue weighted by molar-refractivity contribution is 5.37. The van der Waals surface area contributed by atoms with Gasteiger partial charge in [0.2, 0.25) is 0 Å². The molecule has 2 aromatic rings. The standard InChI is InChI=1S/C15H14O3/c16-12-5-7-13(8-6-12)17-10-14-9-11-3-1-2-4-15(11)18-14/h1-8,14,16H,9-10H2. The largest absolute Gasteiger partial charge is 0.508 e. The first-order valence-corrected chi connectivity index (χ1v) is 5.97. The lowest BCUT2D eigenvalue weighted by Crippen LogP contribution is -2.22. The van der Waals surface area contributed by atoms with Crippen molar-refractivity contribution in [3.05, 3.63) is 54.1 Å². The van der Waals surface area contributed by atoms with Crippen LogP contribution in [0.25, 0.3) is 0 Å². The van der Waals surface area contributed by atoms with Crippen molar-refractivity contribution in [1.82, 2.24) is 0 Å². The van der Waals surface area contributed by atoms with Crippen LogP contribution < -0.4 is 9.47 Å². The third kappa shape index (κ3) is 2.25. The van der Waals surface area contributed by atoms with Gasteiger partial charge in [-0.15, -0.1) is 0 Å². The first kappa shape index (κ1) is 11.0. The number of phenols is 1. The molecule has 2 aromatic carbocycles. The van der Waals surface area contributed by atoms with Crippen molar-refractivity contribution in [2.45, 2.75) is 12.5 Å². The third-order valence-corrected chi connectivity index (χ3v) is 2.99. The van der Waals surface area contributed by atoms with Crippen LogP contribution in [-0.2, 0) is 6.42 Å². The number of fused-ring (bicyclic) bond motifs is 1. The molecule has 0 radical (unpaired) electrons. The summed E-state index contributed by atoms with van der Waals surface area (Å²) in [5, 5.41) is 9.17. The van der Waals surface area contributed by atoms with Gasteiger partial charge in [-0.1, -0.05) is 18.2 Å². The summed E-state index contributed by atoms with van der Waals surface area (Å²) in [7, 11) is 0. The Bertz CT molecular complexity index is 509. The molecular weight excluding hydrogens is 228 g/mol. The molecule has 0 spiro atoms. The number of hydrogen-bond donors (Lipinski definition) is 1. The van der Waals surface area contributed by atoms with Crippen LogP contribution in [0, 0.1) is 0 Å². The van der Waals surface area contributed by atoms with Gasteiger partial charge in [0.05, 0.1) is 0 Å². The first-order valence-electron chi connectivity index (χ1n) is 5.97. The van der Waals surface area contributed by atoms with E-state index in [0.29, 0.717) is 6.61 Å². The van der Waals surface area contributed by atoms with Gasteiger partial charge in [0.1, 0.15) is 30.0 Å². The number of aromatic hydroxyl groups is 1. The second-order valence-electron chi connectivity index (χ2n) is 4.36. The average molecular weight is 242 g/mol. The molecule has 1 aliphatic rings. The molecule has 0 bridgehead atoms. The quantitative estimate of drug-likeness (QED) is 0.899. The smallest absolute Gasteiger partial charge is 0.137 e.